The van der Waals surface area contributed by atoms with Gasteiger partial charge in [-0.15, -0.1) is 0 Å². The van der Waals surface area contributed by atoms with E-state index in [4.69, 9.17) is 21.9 Å². The van der Waals surface area contributed by atoms with Crippen LogP contribution in [0.3, 0.4) is 0 Å². The first-order valence-electron chi connectivity index (χ1n) is 6.03. The monoisotopic (exact) mass is 306 g/mol. The van der Waals surface area contributed by atoms with Gasteiger partial charge in [-0.25, -0.2) is 8.78 Å². The lowest BCUT2D eigenvalue weighted by molar-refractivity contribution is 0.438. The Hall–Kier alpha value is -2.40. The molecule has 0 spiro atoms. The number of rotatable bonds is 2. The van der Waals surface area contributed by atoms with Gasteiger partial charge in [-0.1, -0.05) is 35.0 Å². The smallest absolute Gasteiger partial charge is 0.230 e. The van der Waals surface area contributed by atoms with E-state index in [1.165, 1.54) is 12.1 Å². The predicted molar refractivity (Wildman–Crippen MR) is 76.7 cm³/mol. The van der Waals surface area contributed by atoms with Crippen LogP contribution in [0.4, 0.5) is 14.7 Å². The highest BCUT2D eigenvalue weighted by atomic mass is 35.5. The number of nitrogen functional groups attached to an aromatic ring is 1. The van der Waals surface area contributed by atoms with Gasteiger partial charge in [-0.05, 0) is 29.8 Å². The van der Waals surface area contributed by atoms with Crippen LogP contribution in [0.15, 0.2) is 47.0 Å². The molecule has 0 unspecified atom stereocenters. The molecule has 3 rings (SSSR count). The van der Waals surface area contributed by atoms with Crippen molar-refractivity contribution in [1.29, 1.82) is 0 Å². The number of hydrogen-bond donors (Lipinski definition) is 1. The van der Waals surface area contributed by atoms with E-state index in [-0.39, 0.29) is 17.1 Å². The Bertz CT molecular complexity index is 800. The van der Waals surface area contributed by atoms with E-state index in [2.05, 4.69) is 5.16 Å². The second-order valence-electron chi connectivity index (χ2n) is 4.38. The van der Waals surface area contributed by atoms with Gasteiger partial charge < -0.3 is 10.3 Å². The molecule has 2 N–H and O–H groups in total. The van der Waals surface area contributed by atoms with Gasteiger partial charge >= 0.3 is 0 Å². The van der Waals surface area contributed by atoms with Crippen LogP contribution in [0.1, 0.15) is 0 Å². The molecule has 0 aliphatic carbocycles. The zero-order chi connectivity index (χ0) is 15.0. The maximum Gasteiger partial charge on any atom is 0.230 e. The van der Waals surface area contributed by atoms with Crippen LogP contribution in [0.5, 0.6) is 0 Å². The predicted octanol–water partition coefficient (Wildman–Crippen LogP) is 4.52. The number of aromatic nitrogens is 1. The fourth-order valence-electron chi connectivity index (χ4n) is 2.07. The van der Waals surface area contributed by atoms with Crippen molar-refractivity contribution in [3.63, 3.8) is 0 Å². The lowest BCUT2D eigenvalue weighted by Crippen LogP contribution is -1.92. The number of halogens is 3. The minimum absolute atomic E-state index is 0.0135. The summed E-state index contributed by atoms with van der Waals surface area (Å²) >= 11 is 5.84. The zero-order valence-electron chi connectivity index (χ0n) is 10.6. The summed E-state index contributed by atoms with van der Waals surface area (Å²) in [5.41, 5.74) is 6.94. The lowest BCUT2D eigenvalue weighted by atomic mass is 10.0. The average Bonchev–Trinajstić information content (AvgIpc) is 2.85. The third-order valence-corrected chi connectivity index (χ3v) is 3.31. The zero-order valence-corrected chi connectivity index (χ0v) is 11.4. The molecule has 0 aliphatic heterocycles. The molecule has 3 nitrogen and oxygen atoms in total. The highest BCUT2D eigenvalue weighted by Gasteiger charge is 2.21. The molecular formula is C15H9ClF2N2O. The van der Waals surface area contributed by atoms with Crippen LogP contribution in [0, 0.1) is 11.6 Å². The van der Waals surface area contributed by atoms with E-state index in [9.17, 15) is 8.78 Å². The molecule has 0 amide bonds. The van der Waals surface area contributed by atoms with Crippen molar-refractivity contribution in [2.24, 2.45) is 0 Å². The third kappa shape index (κ3) is 2.36. The molecule has 3 aromatic rings. The fraction of sp³-hybridized carbons (Fsp3) is 0. The van der Waals surface area contributed by atoms with E-state index < -0.39 is 11.6 Å². The Morgan fingerprint density at radius 1 is 1.05 bits per heavy atom. The molecule has 1 aromatic heterocycles. The first kappa shape index (κ1) is 13.6. The molecule has 0 aliphatic rings. The van der Waals surface area contributed by atoms with Gasteiger partial charge in [-0.2, -0.15) is 0 Å². The Morgan fingerprint density at radius 3 is 2.48 bits per heavy atom. The highest BCUT2D eigenvalue weighted by molar-refractivity contribution is 6.30. The van der Waals surface area contributed by atoms with Crippen molar-refractivity contribution in [3.05, 3.63) is 59.1 Å². The molecule has 2 aromatic carbocycles. The Labute approximate surface area is 123 Å². The van der Waals surface area contributed by atoms with Crippen molar-refractivity contribution < 1.29 is 13.3 Å². The van der Waals surface area contributed by atoms with Crippen LogP contribution in [0.25, 0.3) is 22.4 Å². The Morgan fingerprint density at radius 2 is 1.76 bits per heavy atom. The minimum atomic E-state index is -0.999. The lowest BCUT2D eigenvalue weighted by Gasteiger charge is -2.04. The van der Waals surface area contributed by atoms with E-state index in [1.54, 1.807) is 24.3 Å². The summed E-state index contributed by atoms with van der Waals surface area (Å²) in [5.74, 6) is -1.94. The number of anilines is 1. The van der Waals surface area contributed by atoms with E-state index >= 15 is 0 Å². The quantitative estimate of drug-likeness (QED) is 0.757. The second kappa shape index (κ2) is 5.18. The number of benzene rings is 2. The summed E-state index contributed by atoms with van der Waals surface area (Å²) in [6.45, 7) is 0. The van der Waals surface area contributed by atoms with E-state index in [0.29, 0.717) is 16.1 Å². The molecule has 6 heteroatoms. The summed E-state index contributed by atoms with van der Waals surface area (Å²) in [5, 5.41) is 4.30. The summed E-state index contributed by atoms with van der Waals surface area (Å²) < 4.78 is 32.2. The van der Waals surface area contributed by atoms with Gasteiger partial charge in [-0.3, -0.25) is 0 Å². The molecule has 0 fully saturated rings. The van der Waals surface area contributed by atoms with Gasteiger partial charge in [0.25, 0.3) is 0 Å². The first-order chi connectivity index (χ1) is 10.1. The van der Waals surface area contributed by atoms with Gasteiger partial charge in [0.15, 0.2) is 11.6 Å². The second-order valence-corrected chi connectivity index (χ2v) is 4.82. The molecule has 0 atom stereocenters. The van der Waals surface area contributed by atoms with Gasteiger partial charge in [0.1, 0.15) is 5.69 Å². The minimum Gasteiger partial charge on any atom is -0.367 e. The van der Waals surface area contributed by atoms with Crippen LogP contribution in [-0.4, -0.2) is 5.16 Å². The molecule has 0 bridgehead atoms. The normalized spacial score (nSPS) is 10.8. The van der Waals surface area contributed by atoms with Crippen molar-refractivity contribution in [2.75, 3.05) is 5.73 Å². The molecule has 0 saturated heterocycles. The van der Waals surface area contributed by atoms with Crippen LogP contribution in [0.2, 0.25) is 5.02 Å². The van der Waals surface area contributed by atoms with Crippen LogP contribution in [-0.2, 0) is 0 Å². The van der Waals surface area contributed by atoms with Crippen molar-refractivity contribution >= 4 is 17.5 Å². The number of nitrogens with zero attached hydrogens (tertiary/aromatic N) is 1. The standard InChI is InChI=1S/C15H9ClF2N2O/c16-9-6-4-8(5-7-9)12-14(20-21-15(12)19)10-2-1-3-11(17)13(10)18/h1-7H,19H2. The molecule has 1 heterocycles. The van der Waals surface area contributed by atoms with Crippen molar-refractivity contribution in [1.82, 2.24) is 5.16 Å². The Kier molecular flexibility index (Phi) is 3.35. The summed E-state index contributed by atoms with van der Waals surface area (Å²) in [7, 11) is 0. The topological polar surface area (TPSA) is 52.0 Å². The number of nitrogens with two attached hydrogens (primary N) is 1. The van der Waals surface area contributed by atoms with Gasteiger partial charge in [0.2, 0.25) is 5.88 Å². The fourth-order valence-corrected chi connectivity index (χ4v) is 2.19. The number of hydrogen-bond acceptors (Lipinski definition) is 3. The Balaban J connectivity index is 2.22. The maximum atomic E-state index is 13.9. The molecule has 106 valence electrons. The summed E-state index contributed by atoms with van der Waals surface area (Å²) in [6, 6.07) is 10.6. The third-order valence-electron chi connectivity index (χ3n) is 3.06. The average molecular weight is 307 g/mol. The maximum absolute atomic E-state index is 13.9. The summed E-state index contributed by atoms with van der Waals surface area (Å²) in [6.07, 6.45) is 0. The van der Waals surface area contributed by atoms with E-state index in [0.717, 1.165) is 6.07 Å². The first-order valence-corrected chi connectivity index (χ1v) is 6.41. The molecule has 0 saturated carbocycles. The van der Waals surface area contributed by atoms with Crippen LogP contribution < -0.4 is 5.73 Å². The molecular weight excluding hydrogens is 298 g/mol. The largest absolute Gasteiger partial charge is 0.367 e. The molecule has 21 heavy (non-hydrogen) atoms. The highest BCUT2D eigenvalue weighted by Crippen LogP contribution is 2.37. The SMILES string of the molecule is Nc1onc(-c2cccc(F)c2F)c1-c1ccc(Cl)cc1. The van der Waals surface area contributed by atoms with Crippen LogP contribution >= 0.6 is 11.6 Å². The van der Waals surface area contributed by atoms with Crippen molar-refractivity contribution in [2.45, 2.75) is 0 Å². The van der Waals surface area contributed by atoms with Gasteiger partial charge in [0.05, 0.1) is 5.56 Å². The molecule has 0 radical (unpaired) electrons. The summed E-state index contributed by atoms with van der Waals surface area (Å²) in [4.78, 5) is 0. The van der Waals surface area contributed by atoms with Crippen molar-refractivity contribution in [3.8, 4) is 22.4 Å². The van der Waals surface area contributed by atoms with E-state index in [1.807, 2.05) is 0 Å². The van der Waals surface area contributed by atoms with Gasteiger partial charge in [0, 0.05) is 10.6 Å².